The van der Waals surface area contributed by atoms with E-state index in [0.717, 1.165) is 39.1 Å². The molecule has 6 aromatic carbocycles. The molecular formula is C52H48N3OPt-. The third-order valence-electron chi connectivity index (χ3n) is 10.4. The fourth-order valence-electron chi connectivity index (χ4n) is 7.23. The number of phenols is 1. The van der Waals surface area contributed by atoms with Crippen LogP contribution in [0.25, 0.3) is 72.7 Å². The van der Waals surface area contributed by atoms with Crippen molar-refractivity contribution in [1.82, 2.24) is 14.5 Å². The van der Waals surface area contributed by atoms with Crippen molar-refractivity contribution in [3.05, 3.63) is 168 Å². The van der Waals surface area contributed by atoms with Crippen LogP contribution in [-0.4, -0.2) is 19.6 Å². The van der Waals surface area contributed by atoms with Gasteiger partial charge in [-0.05, 0) is 99.9 Å². The summed E-state index contributed by atoms with van der Waals surface area (Å²) in [5.74, 6) is 0.327. The maximum absolute atomic E-state index is 11.3. The Bertz CT molecular complexity index is 2960. The fraction of sp³-hybridized carbons (Fsp3) is 0.192. The number of hydrogen-bond donors (Lipinski definition) is 1. The first-order valence-corrected chi connectivity index (χ1v) is 18.9. The minimum atomic E-state index is -2.78. The number of aromatic nitrogens is 3. The summed E-state index contributed by atoms with van der Waals surface area (Å²) in [5, 5.41) is 11.3. The van der Waals surface area contributed by atoms with E-state index in [0.29, 0.717) is 33.7 Å². The number of rotatable bonds is 6. The number of benzene rings is 6. The second-order valence-electron chi connectivity index (χ2n) is 16.4. The Morgan fingerprint density at radius 3 is 2.02 bits per heavy atom. The molecule has 0 unspecified atom stereocenters. The Morgan fingerprint density at radius 1 is 0.614 bits per heavy atom. The zero-order valence-corrected chi connectivity index (χ0v) is 35.2. The zero-order chi connectivity index (χ0) is 44.4. The van der Waals surface area contributed by atoms with Crippen LogP contribution in [0.2, 0.25) is 0 Å². The topological polar surface area (TPSA) is 50.9 Å². The van der Waals surface area contributed by atoms with E-state index in [9.17, 15) is 5.11 Å². The van der Waals surface area contributed by atoms with Gasteiger partial charge in [-0.2, -0.15) is 0 Å². The predicted octanol–water partition coefficient (Wildman–Crippen LogP) is 13.5. The second kappa shape index (κ2) is 15.4. The summed E-state index contributed by atoms with van der Waals surface area (Å²) in [6.45, 7) is 7.59. The number of aryl methyl sites for hydroxylation is 1. The smallest absolute Gasteiger partial charge is 0.148 e. The minimum absolute atomic E-state index is 0. The molecule has 0 aliphatic rings. The number of nitrogens with zero attached hydrogens (tertiary/aromatic N) is 3. The molecule has 0 fully saturated rings. The normalized spacial score (nSPS) is 13.8. The Labute approximate surface area is 360 Å². The average Bonchev–Trinajstić information content (AvgIpc) is 3.62. The summed E-state index contributed by atoms with van der Waals surface area (Å²) in [6, 6.07) is 45.5. The van der Waals surface area contributed by atoms with Gasteiger partial charge in [-0.15, -0.1) is 29.3 Å². The maximum atomic E-state index is 11.3. The van der Waals surface area contributed by atoms with Gasteiger partial charge < -0.3 is 5.11 Å². The molecule has 8 rings (SSSR count). The van der Waals surface area contributed by atoms with E-state index in [1.54, 1.807) is 54.6 Å². The molecule has 4 nitrogen and oxygen atoms in total. The van der Waals surface area contributed by atoms with E-state index in [1.165, 1.54) is 11.6 Å². The molecule has 0 atom stereocenters. The predicted molar refractivity (Wildman–Crippen MR) is 233 cm³/mol. The molecule has 0 amide bonds. The van der Waals surface area contributed by atoms with Crippen LogP contribution in [0, 0.1) is 19.8 Å². The number of phenolic OH excluding ortho intramolecular Hbond substituents is 1. The molecule has 0 radical (unpaired) electrons. The van der Waals surface area contributed by atoms with Gasteiger partial charge in [0.1, 0.15) is 11.6 Å². The van der Waals surface area contributed by atoms with Crippen LogP contribution in [-0.2, 0) is 31.9 Å². The summed E-state index contributed by atoms with van der Waals surface area (Å²) in [6.07, 6.45) is 1.83. The monoisotopic (exact) mass is 931 g/mol. The van der Waals surface area contributed by atoms with Gasteiger partial charge in [0.15, 0.2) is 0 Å². The SMILES string of the molecule is [2H]C([2H])([2H])c1cc(-n2c(-c3ccccc3O)nc3c(-c4[c-]c(-c5cc(-c6ccc(C(C)(C)C)cc6)ccn5)cc(C(C)(C)C)c4)cccc32)cc(-c2ccccc2)c1C([2H])([2H])[2H].[Pt]. The van der Waals surface area contributed by atoms with Crippen LogP contribution in [0.3, 0.4) is 0 Å². The zero-order valence-electron chi connectivity index (χ0n) is 38.9. The standard InChI is InChI=1S/C52H48N3O.Pt/c1-33-27-42(32-45(34(33)2)36-15-10-9-11-16-36)55-47-19-14-18-43(49(47)54-50(55)44-17-12-13-20-48(44)56)38-28-39(30-41(29-38)52(6,7)8)46-31-37(25-26-53-46)35-21-23-40(24-22-35)51(3,4)5;/h9-27,29-32,56H,1-8H3;/q-1;/i1D3,2D3;. The quantitative estimate of drug-likeness (QED) is 0.169. The van der Waals surface area contributed by atoms with Crippen LogP contribution in [0.1, 0.15) is 72.0 Å². The first-order valence-electron chi connectivity index (χ1n) is 21.9. The van der Waals surface area contributed by atoms with E-state index in [1.807, 2.05) is 41.1 Å². The first-order chi connectivity index (χ1) is 29.2. The Hall–Kier alpha value is -5.57. The number of hydrogen-bond acceptors (Lipinski definition) is 3. The van der Waals surface area contributed by atoms with Gasteiger partial charge in [0.05, 0.1) is 16.6 Å². The minimum Gasteiger partial charge on any atom is -0.507 e. The Balaban J connectivity index is 0.00000595. The van der Waals surface area contributed by atoms with Crippen LogP contribution < -0.4 is 0 Å². The van der Waals surface area contributed by atoms with Crippen molar-refractivity contribution in [1.29, 1.82) is 0 Å². The number of pyridine rings is 1. The van der Waals surface area contributed by atoms with Crippen LogP contribution >= 0.6 is 0 Å². The van der Waals surface area contributed by atoms with E-state index >= 15 is 0 Å². The van der Waals surface area contributed by atoms with Gasteiger partial charge in [0, 0.05) is 46.9 Å². The Morgan fingerprint density at radius 2 is 1.32 bits per heavy atom. The summed E-state index contributed by atoms with van der Waals surface area (Å²) >= 11 is 0. The van der Waals surface area contributed by atoms with Gasteiger partial charge in [-0.3, -0.25) is 9.55 Å². The number of para-hydroxylation sites is 2. The van der Waals surface area contributed by atoms with Crippen LogP contribution in [0.15, 0.2) is 140 Å². The van der Waals surface area contributed by atoms with Crippen molar-refractivity contribution in [3.8, 4) is 67.5 Å². The summed E-state index contributed by atoms with van der Waals surface area (Å²) < 4.78 is 53.2. The molecule has 2 aromatic heterocycles. The number of aromatic hydroxyl groups is 1. The van der Waals surface area contributed by atoms with Crippen molar-refractivity contribution in [3.63, 3.8) is 0 Å². The molecule has 288 valence electrons. The van der Waals surface area contributed by atoms with Crippen molar-refractivity contribution >= 4 is 11.0 Å². The van der Waals surface area contributed by atoms with Crippen molar-refractivity contribution in [2.24, 2.45) is 0 Å². The third kappa shape index (κ3) is 7.76. The van der Waals surface area contributed by atoms with Crippen LogP contribution in [0.4, 0.5) is 0 Å². The fourth-order valence-corrected chi connectivity index (χ4v) is 7.23. The molecule has 57 heavy (non-hydrogen) atoms. The number of fused-ring (bicyclic) bond motifs is 1. The van der Waals surface area contributed by atoms with Crippen molar-refractivity contribution in [2.45, 2.75) is 66.1 Å². The average molecular weight is 932 g/mol. The molecule has 0 aliphatic carbocycles. The molecule has 2 heterocycles. The molecule has 5 heteroatoms. The van der Waals surface area contributed by atoms with Crippen molar-refractivity contribution in [2.75, 3.05) is 0 Å². The van der Waals surface area contributed by atoms with Crippen LogP contribution in [0.5, 0.6) is 5.75 Å². The van der Waals surface area contributed by atoms with Crippen molar-refractivity contribution < 1.29 is 34.4 Å². The summed E-state index contributed by atoms with van der Waals surface area (Å²) in [7, 11) is 0. The van der Waals surface area contributed by atoms with E-state index in [-0.39, 0.29) is 54.3 Å². The molecule has 0 saturated heterocycles. The molecule has 0 bridgehead atoms. The molecule has 0 saturated carbocycles. The summed E-state index contributed by atoms with van der Waals surface area (Å²) in [5.41, 5.74) is 9.65. The largest absolute Gasteiger partial charge is 0.507 e. The van der Waals surface area contributed by atoms with Gasteiger partial charge in [-0.25, -0.2) is 4.98 Å². The second-order valence-corrected chi connectivity index (χ2v) is 16.4. The summed E-state index contributed by atoms with van der Waals surface area (Å²) in [4.78, 5) is 10.1. The van der Waals surface area contributed by atoms with Gasteiger partial charge >= 0.3 is 0 Å². The molecule has 1 N–H and O–H groups in total. The van der Waals surface area contributed by atoms with Gasteiger partial charge in [0.2, 0.25) is 0 Å². The molecule has 0 spiro atoms. The third-order valence-corrected chi connectivity index (χ3v) is 10.4. The Kier molecular flexibility index (Phi) is 8.79. The molecule has 0 aliphatic heterocycles. The van der Waals surface area contributed by atoms with E-state index < -0.39 is 13.7 Å². The number of imidazole rings is 1. The first kappa shape index (κ1) is 32.5. The van der Waals surface area contributed by atoms with Gasteiger partial charge in [-0.1, -0.05) is 138 Å². The molecular weight excluding hydrogens is 878 g/mol. The van der Waals surface area contributed by atoms with E-state index in [4.69, 9.17) is 18.2 Å². The van der Waals surface area contributed by atoms with Gasteiger partial charge in [0.25, 0.3) is 0 Å². The maximum Gasteiger partial charge on any atom is 0.148 e. The molecule has 8 aromatic rings. The van der Waals surface area contributed by atoms with E-state index in [2.05, 4.69) is 90.1 Å².